The number of nitrogens with zero attached hydrogens (tertiary/aromatic N) is 2. The topological polar surface area (TPSA) is 97.6 Å². The highest BCUT2D eigenvalue weighted by atomic mass is 16.7. The van der Waals surface area contributed by atoms with E-state index in [1.165, 1.54) is 0 Å². The van der Waals surface area contributed by atoms with E-state index in [9.17, 15) is 9.90 Å². The van der Waals surface area contributed by atoms with Crippen molar-refractivity contribution >= 4 is 22.8 Å². The molecule has 1 fully saturated rings. The fourth-order valence-electron chi connectivity index (χ4n) is 5.61. The first-order chi connectivity index (χ1) is 20.6. The monoisotopic (exact) mass is 562 g/mol. The molecule has 8 heteroatoms. The number of amides is 2. The second-order valence-corrected chi connectivity index (χ2v) is 10.4. The summed E-state index contributed by atoms with van der Waals surface area (Å²) in [5.41, 5.74) is 6.35. The Hall–Kier alpha value is -4.50. The molecule has 8 nitrogen and oxygen atoms in total. The van der Waals surface area contributed by atoms with Crippen molar-refractivity contribution in [1.82, 2.24) is 14.9 Å². The Bertz CT molecular complexity index is 1640. The number of benzene rings is 4. The third kappa shape index (κ3) is 5.92. The van der Waals surface area contributed by atoms with E-state index in [1.54, 1.807) is 0 Å². The van der Waals surface area contributed by atoms with Gasteiger partial charge in [-0.1, -0.05) is 78.9 Å². The van der Waals surface area contributed by atoms with Gasteiger partial charge in [0.15, 0.2) is 6.29 Å². The van der Waals surface area contributed by atoms with Crippen LogP contribution in [0, 0.1) is 0 Å². The van der Waals surface area contributed by atoms with Gasteiger partial charge in [0.2, 0.25) is 0 Å². The maximum atomic E-state index is 12.2. The van der Waals surface area contributed by atoms with Crippen LogP contribution in [0.1, 0.15) is 47.5 Å². The molecule has 0 aliphatic carbocycles. The lowest BCUT2D eigenvalue weighted by Crippen LogP contribution is -2.39. The molecule has 4 atom stereocenters. The van der Waals surface area contributed by atoms with Crippen LogP contribution in [0.15, 0.2) is 109 Å². The van der Waals surface area contributed by atoms with E-state index in [1.807, 2.05) is 98.2 Å². The molecule has 4 aromatic carbocycles. The van der Waals surface area contributed by atoms with E-state index in [0.717, 1.165) is 33.3 Å². The van der Waals surface area contributed by atoms with Crippen molar-refractivity contribution in [3.05, 3.63) is 132 Å². The zero-order valence-electron chi connectivity index (χ0n) is 23.4. The summed E-state index contributed by atoms with van der Waals surface area (Å²) in [6.07, 6.45) is 0.538. The summed E-state index contributed by atoms with van der Waals surface area (Å²) in [7, 11) is 0. The minimum absolute atomic E-state index is 0.0264. The fraction of sp³-hybridized carbons (Fsp3) is 0.235. The number of anilines is 1. The molecule has 0 bridgehead atoms. The highest BCUT2D eigenvalue weighted by Gasteiger charge is 2.42. The summed E-state index contributed by atoms with van der Waals surface area (Å²) in [5.74, 6) is -0.139. The zero-order chi connectivity index (χ0) is 28.9. The summed E-state index contributed by atoms with van der Waals surface area (Å²) in [6, 6.07) is 33.6. The van der Waals surface area contributed by atoms with E-state index in [-0.39, 0.29) is 30.8 Å². The largest absolute Gasteiger partial charge is 0.392 e. The van der Waals surface area contributed by atoms with E-state index in [0.29, 0.717) is 18.8 Å². The smallest absolute Gasteiger partial charge is 0.319 e. The number of imidazole rings is 1. The quantitative estimate of drug-likeness (QED) is 0.206. The van der Waals surface area contributed by atoms with Gasteiger partial charge in [-0.25, -0.2) is 9.78 Å². The van der Waals surface area contributed by atoms with E-state index >= 15 is 0 Å². The molecule has 3 N–H and O–H groups in total. The molecule has 0 spiro atoms. The van der Waals surface area contributed by atoms with Crippen LogP contribution in [-0.2, 0) is 22.6 Å². The first kappa shape index (κ1) is 27.7. The van der Waals surface area contributed by atoms with E-state index < -0.39 is 6.29 Å². The summed E-state index contributed by atoms with van der Waals surface area (Å²) < 4.78 is 15.8. The Labute approximate surface area is 244 Å². The number of carbonyl (C=O) groups excluding carboxylic acids is 1. The van der Waals surface area contributed by atoms with Gasteiger partial charge < -0.3 is 29.8 Å². The lowest BCUT2D eigenvalue weighted by Gasteiger charge is -2.43. The van der Waals surface area contributed by atoms with E-state index in [4.69, 9.17) is 9.47 Å². The molecule has 2 heterocycles. The van der Waals surface area contributed by atoms with Gasteiger partial charge >= 0.3 is 6.03 Å². The van der Waals surface area contributed by atoms with Crippen molar-refractivity contribution in [1.29, 1.82) is 0 Å². The average molecular weight is 563 g/mol. The summed E-state index contributed by atoms with van der Waals surface area (Å²) in [4.78, 5) is 16.8. The van der Waals surface area contributed by atoms with Gasteiger partial charge in [-0.05, 0) is 47.9 Å². The minimum atomic E-state index is -0.691. The second-order valence-electron chi connectivity index (χ2n) is 10.4. The molecule has 1 saturated heterocycles. The van der Waals surface area contributed by atoms with Crippen molar-refractivity contribution in [2.24, 2.45) is 0 Å². The normalized spacial score (nSPS) is 20.3. The van der Waals surface area contributed by atoms with Crippen LogP contribution < -0.4 is 10.6 Å². The highest BCUT2D eigenvalue weighted by Crippen LogP contribution is 2.47. The van der Waals surface area contributed by atoms with Gasteiger partial charge in [-0.15, -0.1) is 0 Å². The summed E-state index contributed by atoms with van der Waals surface area (Å²) >= 11 is 0. The van der Waals surface area contributed by atoms with Crippen molar-refractivity contribution < 1.29 is 19.4 Å². The van der Waals surface area contributed by atoms with Crippen molar-refractivity contribution in [2.45, 2.75) is 44.5 Å². The first-order valence-electron chi connectivity index (χ1n) is 14.2. The molecule has 1 aliphatic heterocycles. The van der Waals surface area contributed by atoms with E-state index in [2.05, 4.69) is 38.4 Å². The number of aliphatic hydroxyl groups is 1. The number of hydrogen-bond acceptors (Lipinski definition) is 5. The molecule has 2 amide bonds. The predicted molar refractivity (Wildman–Crippen MR) is 162 cm³/mol. The average Bonchev–Trinajstić information content (AvgIpc) is 3.44. The van der Waals surface area contributed by atoms with Crippen molar-refractivity contribution in [3.8, 4) is 0 Å². The van der Waals surface area contributed by atoms with Crippen LogP contribution in [0.25, 0.3) is 11.0 Å². The third-order valence-electron chi connectivity index (χ3n) is 7.63. The molecule has 0 saturated carbocycles. The standard InChI is InChI=1S/C34H34N4O4/c1-2-35-34(40)37-27-12-8-11-26(19-27)33-41-30(20-38-22-36-28-13-6-7-14-29(28)38)31(24-9-4-3-5-10-24)32(42-33)25-17-15-23(21-39)16-18-25/h3-19,22,30-33,39H,2,20-21H2,1H3,(H2,35,37,40)/t30-,31-,32+,33?/m1/s1. The molecule has 1 unspecified atom stereocenters. The van der Waals surface area contributed by atoms with Gasteiger partial charge in [-0.3, -0.25) is 0 Å². The number of rotatable bonds is 8. The van der Waals surface area contributed by atoms with Gasteiger partial charge in [0, 0.05) is 23.7 Å². The highest BCUT2D eigenvalue weighted by molar-refractivity contribution is 5.89. The van der Waals surface area contributed by atoms with Gasteiger partial charge in [0.25, 0.3) is 0 Å². The number of fused-ring (bicyclic) bond motifs is 1. The Morgan fingerprint density at radius 2 is 1.64 bits per heavy atom. The number of para-hydroxylation sites is 2. The van der Waals surface area contributed by atoms with Crippen molar-refractivity contribution in [3.63, 3.8) is 0 Å². The number of hydrogen-bond donors (Lipinski definition) is 3. The molecule has 42 heavy (non-hydrogen) atoms. The van der Waals surface area contributed by atoms with Gasteiger partial charge in [0.1, 0.15) is 0 Å². The Kier molecular flexibility index (Phi) is 8.28. The number of urea groups is 1. The first-order valence-corrected chi connectivity index (χ1v) is 14.2. The fourth-order valence-corrected chi connectivity index (χ4v) is 5.61. The molecular weight excluding hydrogens is 528 g/mol. The summed E-state index contributed by atoms with van der Waals surface area (Å²) in [5, 5.41) is 15.3. The maximum absolute atomic E-state index is 12.2. The molecule has 214 valence electrons. The molecule has 1 aromatic heterocycles. The summed E-state index contributed by atoms with van der Waals surface area (Å²) in [6.45, 7) is 2.94. The van der Waals surface area contributed by atoms with Crippen LogP contribution in [0.4, 0.5) is 10.5 Å². The number of carbonyl (C=O) groups is 1. The minimum Gasteiger partial charge on any atom is -0.392 e. The van der Waals surface area contributed by atoms with Crippen molar-refractivity contribution in [2.75, 3.05) is 11.9 Å². The number of ether oxygens (including phenoxy) is 2. The van der Waals surface area contributed by atoms with Crippen LogP contribution in [0.3, 0.4) is 0 Å². The van der Waals surface area contributed by atoms with Crippen LogP contribution >= 0.6 is 0 Å². The third-order valence-corrected chi connectivity index (χ3v) is 7.63. The SMILES string of the molecule is CCNC(=O)Nc1cccc(C2O[C@H](Cn3cnc4ccccc43)[C@@H](c3ccccc3)[C@H](c3ccc(CO)cc3)O2)c1. The lowest BCUT2D eigenvalue weighted by atomic mass is 9.83. The zero-order valence-corrected chi connectivity index (χ0v) is 23.4. The number of nitrogens with one attached hydrogen (secondary N) is 2. The Balaban J connectivity index is 1.41. The van der Waals surface area contributed by atoms with Gasteiger partial charge in [0.05, 0.1) is 42.7 Å². The Morgan fingerprint density at radius 1 is 0.881 bits per heavy atom. The lowest BCUT2D eigenvalue weighted by molar-refractivity contribution is -0.263. The van der Waals surface area contributed by atoms with Crippen LogP contribution in [0.5, 0.6) is 0 Å². The van der Waals surface area contributed by atoms with Crippen LogP contribution in [0.2, 0.25) is 0 Å². The molecule has 1 aliphatic rings. The Morgan fingerprint density at radius 3 is 2.43 bits per heavy atom. The second kappa shape index (κ2) is 12.6. The molecular formula is C34H34N4O4. The van der Waals surface area contributed by atoms with Crippen LogP contribution in [-0.4, -0.2) is 33.3 Å². The molecule has 5 aromatic rings. The molecule has 6 rings (SSSR count). The van der Waals surface area contributed by atoms with Gasteiger partial charge in [-0.2, -0.15) is 0 Å². The number of aromatic nitrogens is 2. The maximum Gasteiger partial charge on any atom is 0.319 e. The number of aliphatic hydroxyl groups excluding tert-OH is 1. The molecule has 0 radical (unpaired) electrons. The predicted octanol–water partition coefficient (Wildman–Crippen LogP) is 6.31.